The van der Waals surface area contributed by atoms with Crippen LogP contribution in [-0.4, -0.2) is 16.5 Å². The predicted octanol–water partition coefficient (Wildman–Crippen LogP) is 2.96. The maximum absolute atomic E-state index is 4.54. The molecule has 0 atom stereocenters. The molecule has 1 saturated carbocycles. The molecule has 1 aliphatic rings. The van der Waals surface area contributed by atoms with Crippen molar-refractivity contribution in [1.29, 1.82) is 0 Å². The van der Waals surface area contributed by atoms with Crippen molar-refractivity contribution >= 4 is 0 Å². The summed E-state index contributed by atoms with van der Waals surface area (Å²) in [6.07, 6.45) is 10.2. The Bertz CT molecular complexity index is 298. The summed E-state index contributed by atoms with van der Waals surface area (Å²) in [4.78, 5) is 8.01. The van der Waals surface area contributed by atoms with Gasteiger partial charge in [-0.2, -0.15) is 0 Å². The second-order valence-electron chi connectivity index (χ2n) is 4.76. The highest BCUT2D eigenvalue weighted by atomic mass is 15.0. The topological polar surface area (TPSA) is 40.7 Å². The lowest BCUT2D eigenvalue weighted by Crippen LogP contribution is -2.12. The summed E-state index contributed by atoms with van der Waals surface area (Å²) in [5.41, 5.74) is 1.22. The van der Waals surface area contributed by atoms with E-state index in [-0.39, 0.29) is 0 Å². The average molecular weight is 221 g/mol. The molecule has 0 unspecified atom stereocenters. The van der Waals surface area contributed by atoms with Gasteiger partial charge in [0, 0.05) is 24.4 Å². The van der Waals surface area contributed by atoms with Gasteiger partial charge in [-0.1, -0.05) is 32.6 Å². The van der Waals surface area contributed by atoms with Crippen molar-refractivity contribution < 1.29 is 0 Å². The summed E-state index contributed by atoms with van der Waals surface area (Å²) in [6.45, 7) is 4.05. The van der Waals surface area contributed by atoms with Crippen LogP contribution in [0.1, 0.15) is 62.9 Å². The van der Waals surface area contributed by atoms with E-state index in [1.54, 1.807) is 0 Å². The quantitative estimate of drug-likeness (QED) is 0.767. The normalized spacial score (nSPS) is 18.6. The summed E-state index contributed by atoms with van der Waals surface area (Å²) in [7, 11) is 0. The van der Waals surface area contributed by atoms with Gasteiger partial charge in [-0.25, -0.2) is 4.98 Å². The number of nitrogens with zero attached hydrogens (tertiary/aromatic N) is 1. The highest BCUT2D eigenvalue weighted by molar-refractivity contribution is 5.05. The van der Waals surface area contributed by atoms with Crippen molar-refractivity contribution in [3.8, 4) is 0 Å². The van der Waals surface area contributed by atoms with Crippen molar-refractivity contribution in [2.24, 2.45) is 0 Å². The van der Waals surface area contributed by atoms with Crippen LogP contribution in [-0.2, 0) is 6.54 Å². The Kier molecular flexibility index (Phi) is 4.40. The van der Waals surface area contributed by atoms with Crippen LogP contribution in [0.2, 0.25) is 0 Å². The molecule has 1 heterocycles. The number of nitrogens with one attached hydrogen (secondary N) is 2. The van der Waals surface area contributed by atoms with Crippen LogP contribution in [0.15, 0.2) is 6.20 Å². The number of aromatic nitrogens is 2. The maximum atomic E-state index is 4.54. The molecule has 0 amide bonds. The number of imidazole rings is 1. The van der Waals surface area contributed by atoms with E-state index in [2.05, 4.69) is 22.2 Å². The Balaban J connectivity index is 1.94. The van der Waals surface area contributed by atoms with Crippen molar-refractivity contribution in [1.82, 2.24) is 15.3 Å². The first kappa shape index (κ1) is 11.6. The average Bonchev–Trinajstić information content (AvgIpc) is 2.60. The fourth-order valence-corrected chi connectivity index (χ4v) is 2.49. The third-order valence-electron chi connectivity index (χ3n) is 3.46. The van der Waals surface area contributed by atoms with Crippen molar-refractivity contribution in [2.75, 3.05) is 6.54 Å². The molecule has 0 spiro atoms. The molecule has 0 aromatic carbocycles. The van der Waals surface area contributed by atoms with E-state index in [0.717, 1.165) is 13.1 Å². The minimum atomic E-state index is 0.679. The van der Waals surface area contributed by atoms with Crippen LogP contribution in [0.5, 0.6) is 0 Å². The van der Waals surface area contributed by atoms with Gasteiger partial charge < -0.3 is 10.3 Å². The number of hydrogen-bond acceptors (Lipinski definition) is 2. The molecule has 2 rings (SSSR count). The van der Waals surface area contributed by atoms with Gasteiger partial charge in [0.25, 0.3) is 0 Å². The molecular formula is C13H23N3. The Morgan fingerprint density at radius 1 is 1.31 bits per heavy atom. The van der Waals surface area contributed by atoms with E-state index < -0.39 is 0 Å². The molecule has 0 bridgehead atoms. The largest absolute Gasteiger partial charge is 0.345 e. The minimum Gasteiger partial charge on any atom is -0.345 e. The number of rotatable bonds is 4. The first-order chi connectivity index (χ1) is 7.90. The molecule has 1 aliphatic carbocycles. The van der Waals surface area contributed by atoms with Crippen LogP contribution in [0, 0.1) is 0 Å². The number of H-pyrrole nitrogens is 1. The fraction of sp³-hybridized carbons (Fsp3) is 0.769. The van der Waals surface area contributed by atoms with E-state index in [1.165, 1.54) is 50.0 Å². The van der Waals surface area contributed by atoms with E-state index in [4.69, 9.17) is 0 Å². The van der Waals surface area contributed by atoms with Crippen LogP contribution in [0.25, 0.3) is 0 Å². The molecule has 90 valence electrons. The lowest BCUT2D eigenvalue weighted by Gasteiger charge is -2.10. The van der Waals surface area contributed by atoms with E-state index >= 15 is 0 Å². The molecule has 3 nitrogen and oxygen atoms in total. The van der Waals surface area contributed by atoms with Gasteiger partial charge in [-0.05, 0) is 19.4 Å². The van der Waals surface area contributed by atoms with Crippen molar-refractivity contribution in [2.45, 2.75) is 57.9 Å². The highest BCUT2D eigenvalue weighted by Crippen LogP contribution is 2.29. The van der Waals surface area contributed by atoms with E-state index in [9.17, 15) is 0 Å². The van der Waals surface area contributed by atoms with Gasteiger partial charge >= 0.3 is 0 Å². The third-order valence-corrected chi connectivity index (χ3v) is 3.46. The molecule has 0 aliphatic heterocycles. The zero-order valence-electron chi connectivity index (χ0n) is 10.3. The minimum absolute atomic E-state index is 0.679. The second kappa shape index (κ2) is 6.04. The number of hydrogen-bond donors (Lipinski definition) is 2. The van der Waals surface area contributed by atoms with Gasteiger partial charge in [0.15, 0.2) is 0 Å². The first-order valence-electron chi connectivity index (χ1n) is 6.64. The summed E-state index contributed by atoms with van der Waals surface area (Å²) < 4.78 is 0. The Morgan fingerprint density at radius 3 is 2.75 bits per heavy atom. The molecule has 0 radical (unpaired) electrons. The fourth-order valence-electron chi connectivity index (χ4n) is 2.49. The highest BCUT2D eigenvalue weighted by Gasteiger charge is 2.16. The predicted molar refractivity (Wildman–Crippen MR) is 66.4 cm³/mol. The molecule has 0 saturated heterocycles. The lowest BCUT2D eigenvalue weighted by molar-refractivity contribution is 0.564. The third kappa shape index (κ3) is 3.08. The summed E-state index contributed by atoms with van der Waals surface area (Å²) in [5.74, 6) is 1.90. The molecule has 1 aromatic rings. The molecule has 3 heteroatoms. The molecule has 1 fully saturated rings. The van der Waals surface area contributed by atoms with Gasteiger partial charge in [-0.15, -0.1) is 0 Å². The lowest BCUT2D eigenvalue weighted by atomic mass is 10.00. The zero-order valence-corrected chi connectivity index (χ0v) is 10.3. The van der Waals surface area contributed by atoms with Crippen LogP contribution < -0.4 is 5.32 Å². The molecule has 1 aromatic heterocycles. The Labute approximate surface area is 98.1 Å². The van der Waals surface area contributed by atoms with Gasteiger partial charge in [0.05, 0.1) is 0 Å². The van der Waals surface area contributed by atoms with E-state index in [1.807, 2.05) is 6.20 Å². The summed E-state index contributed by atoms with van der Waals surface area (Å²) in [6, 6.07) is 0. The molecule has 2 N–H and O–H groups in total. The second-order valence-corrected chi connectivity index (χ2v) is 4.76. The number of aromatic amines is 1. The summed E-state index contributed by atoms with van der Waals surface area (Å²) >= 11 is 0. The van der Waals surface area contributed by atoms with Gasteiger partial charge in [0.2, 0.25) is 0 Å². The van der Waals surface area contributed by atoms with E-state index in [0.29, 0.717) is 5.92 Å². The van der Waals surface area contributed by atoms with Crippen LogP contribution >= 0.6 is 0 Å². The van der Waals surface area contributed by atoms with Gasteiger partial charge in [-0.3, -0.25) is 0 Å². The zero-order chi connectivity index (χ0) is 11.2. The van der Waals surface area contributed by atoms with Crippen LogP contribution in [0.3, 0.4) is 0 Å². The van der Waals surface area contributed by atoms with Crippen molar-refractivity contribution in [3.63, 3.8) is 0 Å². The SMILES string of the molecule is CCNCc1cnc(C2CCCCCC2)[nH]1. The standard InChI is InChI=1S/C13H23N3/c1-2-14-9-12-10-15-13(16-12)11-7-5-3-4-6-8-11/h10-11,14H,2-9H2,1H3,(H,15,16). The Morgan fingerprint density at radius 2 is 2.06 bits per heavy atom. The first-order valence-corrected chi connectivity index (χ1v) is 6.64. The summed E-state index contributed by atoms with van der Waals surface area (Å²) in [5, 5.41) is 3.32. The van der Waals surface area contributed by atoms with Crippen LogP contribution in [0.4, 0.5) is 0 Å². The smallest absolute Gasteiger partial charge is 0.109 e. The molecule has 16 heavy (non-hydrogen) atoms. The van der Waals surface area contributed by atoms with Crippen molar-refractivity contribution in [3.05, 3.63) is 17.7 Å². The Hall–Kier alpha value is -0.830. The monoisotopic (exact) mass is 221 g/mol. The molecular weight excluding hydrogens is 198 g/mol. The maximum Gasteiger partial charge on any atom is 0.109 e. The van der Waals surface area contributed by atoms with Gasteiger partial charge in [0.1, 0.15) is 5.82 Å².